The van der Waals surface area contributed by atoms with Gasteiger partial charge in [-0.25, -0.2) is 0 Å². The number of amides is 1. The van der Waals surface area contributed by atoms with Gasteiger partial charge in [-0.05, 0) is 32.0 Å². The van der Waals surface area contributed by atoms with E-state index in [1.165, 1.54) is 0 Å². The van der Waals surface area contributed by atoms with Gasteiger partial charge >= 0.3 is 0 Å². The predicted molar refractivity (Wildman–Crippen MR) is 70.0 cm³/mol. The smallest absolute Gasteiger partial charge is 0.269 e. The average molecular weight is 265 g/mol. The fourth-order valence-corrected chi connectivity index (χ4v) is 1.53. The topological polar surface area (TPSA) is 62.1 Å². The quantitative estimate of drug-likeness (QED) is 0.516. The second-order valence-electron chi connectivity index (χ2n) is 3.44. The van der Waals surface area contributed by atoms with Gasteiger partial charge in [-0.15, -0.1) is 0 Å². The van der Waals surface area contributed by atoms with Gasteiger partial charge < -0.3 is 10.1 Å². The first kappa shape index (κ1) is 14.1. The van der Waals surface area contributed by atoms with E-state index in [4.69, 9.17) is 21.6 Å². The van der Waals surface area contributed by atoms with Crippen molar-refractivity contribution in [1.29, 1.82) is 5.26 Å². The lowest BCUT2D eigenvalue weighted by atomic mass is 10.2. The number of carbonyl (C=O) groups is 1. The van der Waals surface area contributed by atoms with Gasteiger partial charge in [0, 0.05) is 10.7 Å². The molecule has 1 N–H and O–H groups in total. The molecule has 0 aliphatic carbocycles. The Balaban J connectivity index is 2.88. The molecule has 4 nitrogen and oxygen atoms in total. The minimum absolute atomic E-state index is 0.0446. The molecule has 0 aliphatic heterocycles. The van der Waals surface area contributed by atoms with Crippen LogP contribution >= 0.6 is 11.6 Å². The molecular formula is C13H13ClN2O2. The molecule has 0 radical (unpaired) electrons. The Morgan fingerprint density at radius 3 is 2.83 bits per heavy atom. The zero-order valence-electron chi connectivity index (χ0n) is 10.2. The Kier molecular flexibility index (Phi) is 5.22. The fraction of sp³-hybridized carbons (Fsp3) is 0.231. The molecule has 0 saturated heterocycles. The minimum atomic E-state index is -0.509. The van der Waals surface area contributed by atoms with Crippen LogP contribution in [-0.2, 0) is 9.53 Å². The van der Waals surface area contributed by atoms with Gasteiger partial charge in [0.15, 0.2) is 5.57 Å². The highest BCUT2D eigenvalue weighted by molar-refractivity contribution is 6.31. The molecule has 1 aromatic rings. The largest absolute Gasteiger partial charge is 0.497 e. The number of halogens is 1. The number of hydrogen-bond donors (Lipinski definition) is 1. The molecule has 0 fully saturated rings. The van der Waals surface area contributed by atoms with E-state index in [1.54, 1.807) is 38.1 Å². The van der Waals surface area contributed by atoms with Crippen LogP contribution in [0.15, 0.2) is 35.6 Å². The first-order valence-corrected chi connectivity index (χ1v) is 5.77. The third kappa shape index (κ3) is 3.79. The number of rotatable bonds is 4. The molecule has 0 atom stereocenters. The number of anilines is 1. The zero-order chi connectivity index (χ0) is 13.5. The van der Waals surface area contributed by atoms with Crippen LogP contribution in [0.2, 0.25) is 5.02 Å². The number of hydrogen-bond acceptors (Lipinski definition) is 3. The summed E-state index contributed by atoms with van der Waals surface area (Å²) in [6.07, 6.45) is 0. The summed E-state index contributed by atoms with van der Waals surface area (Å²) in [5.41, 5.74) is 0.487. The Morgan fingerprint density at radius 1 is 1.56 bits per heavy atom. The van der Waals surface area contributed by atoms with Crippen LogP contribution in [0, 0.1) is 11.3 Å². The fourth-order valence-electron chi connectivity index (χ4n) is 1.34. The minimum Gasteiger partial charge on any atom is -0.497 e. The van der Waals surface area contributed by atoms with Crippen LogP contribution in [0.25, 0.3) is 0 Å². The molecule has 5 heteroatoms. The van der Waals surface area contributed by atoms with Gasteiger partial charge in [0.05, 0.1) is 6.61 Å². The molecule has 1 aromatic carbocycles. The molecule has 0 saturated carbocycles. The van der Waals surface area contributed by atoms with Crippen LogP contribution in [0.5, 0.6) is 0 Å². The van der Waals surface area contributed by atoms with Gasteiger partial charge in [0.1, 0.15) is 11.8 Å². The summed E-state index contributed by atoms with van der Waals surface area (Å²) in [7, 11) is 0. The highest BCUT2D eigenvalue weighted by Gasteiger charge is 2.14. The highest BCUT2D eigenvalue weighted by Crippen LogP contribution is 2.16. The number of nitriles is 1. The normalized spacial score (nSPS) is 11.2. The first-order valence-electron chi connectivity index (χ1n) is 5.39. The predicted octanol–water partition coefficient (Wildman–Crippen LogP) is 3.11. The molecule has 0 spiro atoms. The van der Waals surface area contributed by atoms with Crippen molar-refractivity contribution in [2.45, 2.75) is 13.8 Å². The maximum Gasteiger partial charge on any atom is 0.269 e. The summed E-state index contributed by atoms with van der Waals surface area (Å²) < 4.78 is 5.15. The molecule has 0 bridgehead atoms. The molecule has 1 amide bonds. The third-order valence-electron chi connectivity index (χ3n) is 2.13. The molecule has 1 rings (SSSR count). The summed E-state index contributed by atoms with van der Waals surface area (Å²) in [5.74, 6) is -0.203. The molecule has 18 heavy (non-hydrogen) atoms. The standard InChI is InChI=1S/C13H13ClN2O2/c1-3-18-9(2)12(8-15)13(17)16-11-6-4-5-10(14)7-11/h4-7H,3H2,1-2H3,(H,16,17)/b12-9+. The summed E-state index contributed by atoms with van der Waals surface area (Å²) in [5, 5.41) is 12.1. The lowest BCUT2D eigenvalue weighted by molar-refractivity contribution is -0.112. The summed E-state index contributed by atoms with van der Waals surface area (Å²) in [6.45, 7) is 3.77. The zero-order valence-corrected chi connectivity index (χ0v) is 10.9. The molecule has 0 aromatic heterocycles. The number of ether oxygens (including phenoxy) is 1. The van der Waals surface area contributed by atoms with Gasteiger partial charge in [-0.3, -0.25) is 4.79 Å². The summed E-state index contributed by atoms with van der Waals surface area (Å²) in [4.78, 5) is 11.9. The van der Waals surface area contributed by atoms with Crippen molar-refractivity contribution in [3.05, 3.63) is 40.6 Å². The van der Waals surface area contributed by atoms with E-state index in [-0.39, 0.29) is 5.57 Å². The van der Waals surface area contributed by atoms with E-state index < -0.39 is 5.91 Å². The number of nitrogens with zero attached hydrogens (tertiary/aromatic N) is 1. The average Bonchev–Trinajstić information content (AvgIpc) is 2.30. The van der Waals surface area contributed by atoms with Gasteiger partial charge in [-0.1, -0.05) is 17.7 Å². The van der Waals surface area contributed by atoms with E-state index in [0.717, 1.165) is 0 Å². The SMILES string of the molecule is CCO/C(C)=C(\C#N)C(=O)Nc1cccc(Cl)c1. The van der Waals surface area contributed by atoms with E-state index in [0.29, 0.717) is 23.1 Å². The Morgan fingerprint density at radius 2 is 2.28 bits per heavy atom. The van der Waals surface area contributed by atoms with Crippen molar-refractivity contribution < 1.29 is 9.53 Å². The van der Waals surface area contributed by atoms with Gasteiger partial charge in [-0.2, -0.15) is 5.26 Å². The van der Waals surface area contributed by atoms with Crippen molar-refractivity contribution in [1.82, 2.24) is 0 Å². The Bertz CT molecular complexity index is 518. The molecule has 0 aliphatic rings. The number of benzene rings is 1. The lowest BCUT2D eigenvalue weighted by Crippen LogP contribution is -2.15. The van der Waals surface area contributed by atoms with Crippen molar-refractivity contribution in [2.75, 3.05) is 11.9 Å². The van der Waals surface area contributed by atoms with E-state index in [9.17, 15) is 4.79 Å². The highest BCUT2D eigenvalue weighted by atomic mass is 35.5. The molecule has 0 unspecified atom stereocenters. The maximum absolute atomic E-state index is 11.9. The Hall–Kier alpha value is -1.99. The van der Waals surface area contributed by atoms with E-state index in [1.807, 2.05) is 6.07 Å². The molecular weight excluding hydrogens is 252 g/mol. The second kappa shape index (κ2) is 6.67. The van der Waals surface area contributed by atoms with E-state index in [2.05, 4.69) is 5.32 Å². The van der Waals surface area contributed by atoms with Crippen LogP contribution < -0.4 is 5.32 Å². The molecule has 0 heterocycles. The van der Waals surface area contributed by atoms with Crippen molar-refractivity contribution in [3.63, 3.8) is 0 Å². The third-order valence-corrected chi connectivity index (χ3v) is 2.37. The van der Waals surface area contributed by atoms with Gasteiger partial charge in [0.2, 0.25) is 0 Å². The molecule has 94 valence electrons. The van der Waals surface area contributed by atoms with Crippen molar-refractivity contribution in [2.24, 2.45) is 0 Å². The van der Waals surface area contributed by atoms with E-state index >= 15 is 0 Å². The van der Waals surface area contributed by atoms with Gasteiger partial charge in [0.25, 0.3) is 5.91 Å². The number of nitrogens with one attached hydrogen (secondary N) is 1. The number of allylic oxidation sites excluding steroid dienone is 1. The van der Waals surface area contributed by atoms with Crippen LogP contribution in [0.3, 0.4) is 0 Å². The monoisotopic (exact) mass is 264 g/mol. The lowest BCUT2D eigenvalue weighted by Gasteiger charge is -2.08. The Labute approximate surface area is 111 Å². The number of carbonyl (C=O) groups excluding carboxylic acids is 1. The van der Waals surface area contributed by atoms with Crippen LogP contribution in [-0.4, -0.2) is 12.5 Å². The van der Waals surface area contributed by atoms with Crippen LogP contribution in [0.1, 0.15) is 13.8 Å². The van der Waals surface area contributed by atoms with Crippen molar-refractivity contribution >= 4 is 23.2 Å². The summed E-state index contributed by atoms with van der Waals surface area (Å²) in [6, 6.07) is 8.53. The van der Waals surface area contributed by atoms with Crippen molar-refractivity contribution in [3.8, 4) is 6.07 Å². The maximum atomic E-state index is 11.9. The van der Waals surface area contributed by atoms with Crippen LogP contribution in [0.4, 0.5) is 5.69 Å². The first-order chi connectivity index (χ1) is 8.58. The second-order valence-corrected chi connectivity index (χ2v) is 3.88. The summed E-state index contributed by atoms with van der Waals surface area (Å²) >= 11 is 5.80.